The normalized spacial score (nSPS) is 10.9. The van der Waals surface area contributed by atoms with Gasteiger partial charge in [-0.3, -0.25) is 4.57 Å². The van der Waals surface area contributed by atoms with Crippen LogP contribution in [0.15, 0.2) is 23.1 Å². The van der Waals surface area contributed by atoms with Gasteiger partial charge in [0.1, 0.15) is 0 Å². The highest BCUT2D eigenvalue weighted by Gasteiger charge is 2.16. The topological polar surface area (TPSA) is 68.9 Å². The summed E-state index contributed by atoms with van der Waals surface area (Å²) in [5.41, 5.74) is 0.675. The third-order valence-electron chi connectivity index (χ3n) is 3.31. The number of unbranched alkanes of at least 4 members (excludes halogenated alkanes) is 3. The van der Waals surface area contributed by atoms with Gasteiger partial charge in [-0.15, -0.1) is 0 Å². The molecule has 6 heteroatoms. The monoisotopic (exact) mass is 276 g/mol. The zero-order chi connectivity index (χ0) is 14.5. The summed E-state index contributed by atoms with van der Waals surface area (Å²) in [5, 5.41) is 2.79. The number of aromatic nitrogens is 3. The minimum absolute atomic E-state index is 0.371. The van der Waals surface area contributed by atoms with Crippen molar-refractivity contribution in [3.05, 3.63) is 28.8 Å². The number of nitrogens with one attached hydrogen (secondary N) is 1. The van der Waals surface area contributed by atoms with Crippen LogP contribution < -0.4 is 11.0 Å². The fraction of sp³-hybridized carbons (Fsp3) is 0.500. The van der Waals surface area contributed by atoms with Crippen LogP contribution in [0.5, 0.6) is 0 Å². The third-order valence-corrected chi connectivity index (χ3v) is 3.31. The lowest BCUT2D eigenvalue weighted by atomic mass is 10.2. The molecule has 0 bridgehead atoms. The number of aryl methyl sites for hydroxylation is 1. The highest BCUT2D eigenvalue weighted by atomic mass is 16.2. The first kappa shape index (κ1) is 14.3. The van der Waals surface area contributed by atoms with Crippen molar-refractivity contribution in [1.82, 2.24) is 19.4 Å². The molecular weight excluding hydrogens is 256 g/mol. The van der Waals surface area contributed by atoms with Crippen molar-refractivity contribution in [2.75, 3.05) is 6.54 Å². The van der Waals surface area contributed by atoms with Crippen molar-refractivity contribution >= 4 is 17.2 Å². The molecule has 2 rings (SSSR count). The van der Waals surface area contributed by atoms with Crippen molar-refractivity contribution in [3.63, 3.8) is 0 Å². The fourth-order valence-electron chi connectivity index (χ4n) is 2.19. The predicted molar refractivity (Wildman–Crippen MR) is 77.9 cm³/mol. The number of imidazole rings is 1. The first-order valence-electron chi connectivity index (χ1n) is 6.97. The van der Waals surface area contributed by atoms with Crippen LogP contribution in [0.3, 0.4) is 0 Å². The molecular formula is C14H20N4O2. The maximum atomic E-state index is 12.1. The van der Waals surface area contributed by atoms with E-state index < -0.39 is 0 Å². The lowest BCUT2D eigenvalue weighted by Gasteiger charge is -2.05. The average Bonchev–Trinajstić information content (AvgIpc) is 2.71. The second kappa shape index (κ2) is 6.36. The van der Waals surface area contributed by atoms with Crippen molar-refractivity contribution in [2.45, 2.75) is 32.6 Å². The highest BCUT2D eigenvalue weighted by molar-refractivity contribution is 5.87. The van der Waals surface area contributed by atoms with E-state index in [1.807, 2.05) is 0 Å². The molecule has 0 aromatic carbocycles. The Balaban J connectivity index is 2.14. The van der Waals surface area contributed by atoms with Crippen LogP contribution in [0.2, 0.25) is 0 Å². The second-order valence-corrected chi connectivity index (χ2v) is 4.82. The van der Waals surface area contributed by atoms with Crippen LogP contribution in [0.25, 0.3) is 11.2 Å². The van der Waals surface area contributed by atoms with Gasteiger partial charge in [-0.2, -0.15) is 0 Å². The molecule has 1 N–H and O–H groups in total. The number of fused-ring (bicyclic) bond motifs is 1. The first-order chi connectivity index (χ1) is 9.66. The Bertz CT molecular complexity index is 657. The molecule has 108 valence electrons. The largest absolute Gasteiger partial charge is 0.338 e. The number of carbonyl (C=O) groups excluding carboxylic acids is 1. The summed E-state index contributed by atoms with van der Waals surface area (Å²) >= 11 is 0. The lowest BCUT2D eigenvalue weighted by molar-refractivity contribution is 0.242. The predicted octanol–water partition coefficient (Wildman–Crippen LogP) is 1.87. The van der Waals surface area contributed by atoms with Crippen LogP contribution >= 0.6 is 0 Å². The maximum absolute atomic E-state index is 12.1. The van der Waals surface area contributed by atoms with Gasteiger partial charge in [-0.25, -0.2) is 19.1 Å². The van der Waals surface area contributed by atoms with Crippen LogP contribution in [0.4, 0.5) is 4.79 Å². The zero-order valence-electron chi connectivity index (χ0n) is 11.9. The smallest absolute Gasteiger partial charge is 0.337 e. The number of nitrogens with zero attached hydrogens (tertiary/aromatic N) is 3. The number of pyridine rings is 1. The van der Waals surface area contributed by atoms with E-state index >= 15 is 0 Å². The van der Waals surface area contributed by atoms with E-state index in [2.05, 4.69) is 17.2 Å². The van der Waals surface area contributed by atoms with Gasteiger partial charge >= 0.3 is 11.7 Å². The molecule has 2 aromatic heterocycles. The summed E-state index contributed by atoms with van der Waals surface area (Å²) in [6.45, 7) is 2.73. The molecule has 0 spiro atoms. The minimum Gasteiger partial charge on any atom is -0.337 e. The third kappa shape index (κ3) is 2.74. The molecule has 0 aliphatic carbocycles. The lowest BCUT2D eigenvalue weighted by Crippen LogP contribution is -2.36. The standard InChI is InChI=1S/C14H20N4O2/c1-3-4-5-6-9-16-13(19)18-11-8-7-10-15-12(11)17(2)14(18)20/h7-8,10H,3-6,9H2,1-2H3,(H,16,19). The molecule has 6 nitrogen and oxygen atoms in total. The molecule has 20 heavy (non-hydrogen) atoms. The second-order valence-electron chi connectivity index (χ2n) is 4.82. The molecule has 0 saturated carbocycles. The summed E-state index contributed by atoms with van der Waals surface area (Å²) in [4.78, 5) is 28.4. The van der Waals surface area contributed by atoms with Gasteiger partial charge in [-0.05, 0) is 18.6 Å². The molecule has 0 atom stereocenters. The highest BCUT2D eigenvalue weighted by Crippen LogP contribution is 2.07. The van der Waals surface area contributed by atoms with Crippen LogP contribution in [0, 0.1) is 0 Å². The van der Waals surface area contributed by atoms with E-state index in [1.165, 1.54) is 4.57 Å². The Kier molecular flexibility index (Phi) is 4.55. The fourth-order valence-corrected chi connectivity index (χ4v) is 2.19. The molecule has 0 aliphatic rings. The van der Waals surface area contributed by atoms with Gasteiger partial charge in [-0.1, -0.05) is 26.2 Å². The Hall–Kier alpha value is -2.11. The first-order valence-corrected chi connectivity index (χ1v) is 6.97. The quantitative estimate of drug-likeness (QED) is 0.848. The Morgan fingerprint density at radius 2 is 2.15 bits per heavy atom. The Morgan fingerprint density at radius 1 is 1.35 bits per heavy atom. The van der Waals surface area contributed by atoms with Crippen molar-refractivity contribution < 1.29 is 4.79 Å². The molecule has 0 radical (unpaired) electrons. The Labute approximate surface area is 117 Å². The van der Waals surface area contributed by atoms with Crippen molar-refractivity contribution in [3.8, 4) is 0 Å². The summed E-state index contributed by atoms with van der Waals surface area (Å²) in [5.74, 6) is 0. The van der Waals surface area contributed by atoms with Gasteiger partial charge in [0.25, 0.3) is 0 Å². The van der Waals surface area contributed by atoms with Crippen LogP contribution in [0.1, 0.15) is 32.6 Å². The molecule has 2 aromatic rings. The van der Waals surface area contributed by atoms with Gasteiger partial charge in [0, 0.05) is 19.8 Å². The summed E-state index contributed by atoms with van der Waals surface area (Å²) < 4.78 is 2.52. The van der Waals surface area contributed by atoms with Gasteiger partial charge in [0.2, 0.25) is 0 Å². The average molecular weight is 276 g/mol. The van der Waals surface area contributed by atoms with E-state index in [4.69, 9.17) is 0 Å². The van der Waals surface area contributed by atoms with Gasteiger partial charge in [0.05, 0.1) is 5.52 Å². The SMILES string of the molecule is CCCCCCNC(=O)n1c(=O)n(C)c2ncccc21. The van der Waals surface area contributed by atoms with Gasteiger partial charge in [0.15, 0.2) is 5.65 Å². The van der Waals surface area contributed by atoms with Gasteiger partial charge < -0.3 is 5.32 Å². The number of carbonyl (C=O) groups is 1. The molecule has 2 heterocycles. The summed E-state index contributed by atoms with van der Waals surface area (Å²) in [6.07, 6.45) is 5.94. The van der Waals surface area contributed by atoms with Crippen LogP contribution in [-0.2, 0) is 7.05 Å². The molecule has 0 aliphatic heterocycles. The summed E-state index contributed by atoms with van der Waals surface area (Å²) in [7, 11) is 1.61. The molecule has 1 amide bonds. The van der Waals surface area contributed by atoms with E-state index in [9.17, 15) is 9.59 Å². The number of hydrogen-bond donors (Lipinski definition) is 1. The zero-order valence-corrected chi connectivity index (χ0v) is 11.9. The number of hydrogen-bond acceptors (Lipinski definition) is 3. The van der Waals surface area contributed by atoms with E-state index in [0.29, 0.717) is 17.7 Å². The summed E-state index contributed by atoms with van der Waals surface area (Å²) in [6, 6.07) is 3.05. The van der Waals surface area contributed by atoms with Crippen molar-refractivity contribution in [2.24, 2.45) is 7.05 Å². The maximum Gasteiger partial charge on any atom is 0.338 e. The van der Waals surface area contributed by atoms with E-state index in [0.717, 1.165) is 30.3 Å². The number of rotatable bonds is 5. The van der Waals surface area contributed by atoms with E-state index in [-0.39, 0.29) is 11.7 Å². The molecule has 0 saturated heterocycles. The molecule has 0 unspecified atom stereocenters. The van der Waals surface area contributed by atoms with Crippen molar-refractivity contribution in [1.29, 1.82) is 0 Å². The molecule has 0 fully saturated rings. The van der Waals surface area contributed by atoms with E-state index in [1.54, 1.807) is 25.4 Å². The Morgan fingerprint density at radius 3 is 2.90 bits per heavy atom. The van der Waals surface area contributed by atoms with Crippen LogP contribution in [-0.4, -0.2) is 26.7 Å². The minimum atomic E-state index is -0.384. The number of amides is 1.